The third-order valence-electron chi connectivity index (χ3n) is 7.61. The van der Waals surface area contributed by atoms with Crippen molar-refractivity contribution >= 4 is 54.3 Å². The Kier molecular flexibility index (Phi) is 12.0. The van der Waals surface area contributed by atoms with Crippen molar-refractivity contribution in [1.82, 2.24) is 49.7 Å². The van der Waals surface area contributed by atoms with E-state index >= 15 is 0 Å². The summed E-state index contributed by atoms with van der Waals surface area (Å²) < 4.78 is 42.8. The van der Waals surface area contributed by atoms with Crippen molar-refractivity contribution in [3.63, 3.8) is 0 Å². The van der Waals surface area contributed by atoms with Gasteiger partial charge in [0.15, 0.2) is 16.8 Å². The Balaban J connectivity index is 0.000000144. The number of hydrogen-bond acceptors (Lipinski definition) is 13. The van der Waals surface area contributed by atoms with Crippen molar-refractivity contribution in [2.45, 2.75) is 31.1 Å². The SMILES string of the molecule is CCOc1ccc2[nH]ncc2c1.CCOc1ccc2c(cnn2-c2ccnc(S(C)(=O)=O)n2)c1.CCOc1ccc2c(cnn2-c2ccnc(SC)n2)c1. The van der Waals surface area contributed by atoms with Crippen LogP contribution < -0.4 is 14.2 Å². The average Bonchev–Trinajstić information content (AvgIpc) is 3.94. The van der Waals surface area contributed by atoms with Gasteiger partial charge in [0, 0.05) is 46.9 Å². The van der Waals surface area contributed by atoms with Crippen molar-refractivity contribution in [2.24, 2.45) is 0 Å². The molecule has 0 saturated heterocycles. The van der Waals surface area contributed by atoms with Crippen LogP contribution in [0.2, 0.25) is 0 Å². The first-order chi connectivity index (χ1) is 26.2. The lowest BCUT2D eigenvalue weighted by Crippen LogP contribution is -2.08. The molecule has 0 radical (unpaired) electrons. The van der Waals surface area contributed by atoms with Crippen molar-refractivity contribution in [3.05, 3.63) is 97.7 Å². The summed E-state index contributed by atoms with van der Waals surface area (Å²) in [7, 11) is -3.47. The van der Waals surface area contributed by atoms with Crippen LogP contribution in [0, 0.1) is 0 Å². The van der Waals surface area contributed by atoms with E-state index < -0.39 is 9.84 Å². The van der Waals surface area contributed by atoms with E-state index in [1.54, 1.807) is 29.3 Å². The van der Waals surface area contributed by atoms with Gasteiger partial charge in [0.2, 0.25) is 15.0 Å². The topological polar surface area (TPSA) is 178 Å². The summed E-state index contributed by atoms with van der Waals surface area (Å²) in [6.45, 7) is 7.80. The first kappa shape index (κ1) is 37.7. The Labute approximate surface area is 315 Å². The molecular weight excluding hydrogens is 729 g/mol. The highest BCUT2D eigenvalue weighted by atomic mass is 32.2. The van der Waals surface area contributed by atoms with Crippen LogP contribution in [0.4, 0.5) is 0 Å². The number of nitrogens with zero attached hydrogens (tertiary/aromatic N) is 9. The fourth-order valence-electron chi connectivity index (χ4n) is 5.25. The van der Waals surface area contributed by atoms with Crippen LogP contribution in [0.15, 0.2) is 108 Å². The van der Waals surface area contributed by atoms with Gasteiger partial charge in [0.25, 0.3) is 0 Å². The first-order valence-corrected chi connectivity index (χ1v) is 20.0. The van der Waals surface area contributed by atoms with E-state index in [-0.39, 0.29) is 5.16 Å². The van der Waals surface area contributed by atoms with Gasteiger partial charge in [-0.2, -0.15) is 20.3 Å². The van der Waals surface area contributed by atoms with Gasteiger partial charge in [-0.1, -0.05) is 11.8 Å². The molecule has 54 heavy (non-hydrogen) atoms. The maximum Gasteiger partial charge on any atom is 0.248 e. The van der Waals surface area contributed by atoms with Crippen LogP contribution in [-0.4, -0.2) is 90.4 Å². The van der Waals surface area contributed by atoms with E-state index in [4.69, 9.17) is 14.2 Å². The van der Waals surface area contributed by atoms with Gasteiger partial charge in [0.1, 0.15) is 17.2 Å². The standard InChI is InChI=1S/C14H14N4O3S.C14H14N4OS.C9H10N2O/c1-3-21-11-4-5-12-10(8-11)9-16-18(12)13-6-7-15-14(17-13)22(2,19)20;1-3-19-11-4-5-12-10(8-11)9-16-18(12)13-6-7-15-14(17-13)20-2;1-2-12-8-3-4-9-7(5-8)6-10-11-9/h4-9H,3H2,1-2H3;4-9H,3H2,1-2H3;3-6H,2H2,1H3,(H,10,11). The van der Waals surface area contributed by atoms with Crippen LogP contribution in [0.3, 0.4) is 0 Å². The highest BCUT2D eigenvalue weighted by Crippen LogP contribution is 2.24. The maximum atomic E-state index is 11.6. The van der Waals surface area contributed by atoms with Crippen LogP contribution in [-0.2, 0) is 9.84 Å². The molecule has 0 fully saturated rings. The Morgan fingerprint density at radius 3 is 1.72 bits per heavy atom. The van der Waals surface area contributed by atoms with Crippen molar-refractivity contribution in [2.75, 3.05) is 32.3 Å². The molecule has 8 rings (SSSR count). The predicted octanol–water partition coefficient (Wildman–Crippen LogP) is 6.52. The average molecular weight is 767 g/mol. The molecule has 0 aliphatic heterocycles. The first-order valence-electron chi connectivity index (χ1n) is 16.9. The molecule has 0 amide bonds. The molecule has 278 valence electrons. The molecule has 0 bridgehead atoms. The van der Waals surface area contributed by atoms with Crippen LogP contribution >= 0.6 is 11.8 Å². The second-order valence-electron chi connectivity index (χ2n) is 11.3. The third-order valence-corrected chi connectivity index (χ3v) is 9.03. The summed E-state index contributed by atoms with van der Waals surface area (Å²) in [5, 5.41) is 19.0. The molecule has 1 N–H and O–H groups in total. The molecule has 0 unspecified atom stereocenters. The highest BCUT2D eigenvalue weighted by Gasteiger charge is 2.14. The molecule has 0 aliphatic carbocycles. The fraction of sp³-hybridized carbons (Fsp3) is 0.216. The number of fused-ring (bicyclic) bond motifs is 3. The minimum absolute atomic E-state index is 0.223. The Morgan fingerprint density at radius 2 is 1.19 bits per heavy atom. The number of ether oxygens (including phenoxy) is 3. The molecule has 0 aliphatic rings. The molecular formula is C37H38N10O5S2. The van der Waals surface area contributed by atoms with Crippen molar-refractivity contribution in [3.8, 4) is 28.9 Å². The summed E-state index contributed by atoms with van der Waals surface area (Å²) in [4.78, 5) is 16.5. The predicted molar refractivity (Wildman–Crippen MR) is 208 cm³/mol. The van der Waals surface area contributed by atoms with Gasteiger partial charge < -0.3 is 14.2 Å². The number of benzene rings is 3. The zero-order chi connectivity index (χ0) is 38.1. The number of rotatable bonds is 10. The highest BCUT2D eigenvalue weighted by molar-refractivity contribution is 7.98. The summed E-state index contributed by atoms with van der Waals surface area (Å²) in [5.74, 6) is 3.67. The van der Waals surface area contributed by atoms with Gasteiger partial charge in [-0.15, -0.1) is 0 Å². The number of nitrogens with one attached hydrogen (secondary N) is 1. The molecule has 17 heteroatoms. The summed E-state index contributed by atoms with van der Waals surface area (Å²) in [6.07, 6.45) is 11.5. The number of sulfone groups is 1. The van der Waals surface area contributed by atoms with E-state index in [9.17, 15) is 8.42 Å². The molecule has 0 saturated carbocycles. The Hall–Kier alpha value is -6.07. The number of H-pyrrole nitrogens is 1. The number of hydrogen-bond donors (Lipinski definition) is 1. The molecule has 15 nitrogen and oxygen atoms in total. The number of aromatic nitrogens is 10. The fourth-order valence-corrected chi connectivity index (χ4v) is 6.12. The molecule has 8 aromatic rings. The lowest BCUT2D eigenvalue weighted by molar-refractivity contribution is 0.340. The summed E-state index contributed by atoms with van der Waals surface area (Å²) in [6, 6.07) is 20.8. The van der Waals surface area contributed by atoms with Crippen LogP contribution in [0.5, 0.6) is 17.2 Å². The maximum absolute atomic E-state index is 11.6. The lowest BCUT2D eigenvalue weighted by Gasteiger charge is -2.05. The van der Waals surface area contributed by atoms with E-state index in [0.717, 1.165) is 67.2 Å². The monoisotopic (exact) mass is 766 g/mol. The molecule has 3 aromatic carbocycles. The largest absolute Gasteiger partial charge is 0.494 e. The van der Waals surface area contributed by atoms with Gasteiger partial charge in [0.05, 0.1) is 55.0 Å². The van der Waals surface area contributed by atoms with E-state index in [1.165, 1.54) is 18.0 Å². The van der Waals surface area contributed by atoms with E-state index in [2.05, 4.69) is 40.3 Å². The molecule has 0 spiro atoms. The number of thioether (sulfide) groups is 1. The van der Waals surface area contributed by atoms with E-state index in [1.807, 2.05) is 98.6 Å². The summed E-state index contributed by atoms with van der Waals surface area (Å²) >= 11 is 1.51. The quantitative estimate of drug-likeness (QED) is 0.118. The second-order valence-corrected chi connectivity index (χ2v) is 14.0. The van der Waals surface area contributed by atoms with Gasteiger partial charge in [-0.25, -0.2) is 32.7 Å². The van der Waals surface area contributed by atoms with Gasteiger partial charge in [-0.3, -0.25) is 5.10 Å². The lowest BCUT2D eigenvalue weighted by atomic mass is 10.2. The van der Waals surface area contributed by atoms with Crippen LogP contribution in [0.1, 0.15) is 20.8 Å². The van der Waals surface area contributed by atoms with Crippen molar-refractivity contribution < 1.29 is 22.6 Å². The summed E-state index contributed by atoms with van der Waals surface area (Å²) in [5.41, 5.74) is 2.85. The zero-order valence-electron chi connectivity index (χ0n) is 30.2. The molecule has 5 heterocycles. The normalized spacial score (nSPS) is 11.1. The zero-order valence-corrected chi connectivity index (χ0v) is 31.9. The number of aromatic amines is 1. The second kappa shape index (κ2) is 17.2. The van der Waals surface area contributed by atoms with Gasteiger partial charge in [-0.05, 0) is 81.6 Å². The molecule has 0 atom stereocenters. The molecule has 5 aromatic heterocycles. The Morgan fingerprint density at radius 1 is 0.667 bits per heavy atom. The van der Waals surface area contributed by atoms with Crippen molar-refractivity contribution in [1.29, 1.82) is 0 Å². The van der Waals surface area contributed by atoms with Gasteiger partial charge >= 0.3 is 0 Å². The Bertz CT molecular complexity index is 2610. The third kappa shape index (κ3) is 8.92. The minimum atomic E-state index is -3.47. The minimum Gasteiger partial charge on any atom is -0.494 e. The van der Waals surface area contributed by atoms with E-state index in [0.29, 0.717) is 25.6 Å². The van der Waals surface area contributed by atoms with Crippen LogP contribution in [0.25, 0.3) is 44.3 Å². The smallest absolute Gasteiger partial charge is 0.248 e.